The van der Waals surface area contributed by atoms with Crippen molar-refractivity contribution in [2.45, 2.75) is 41.0 Å². The van der Waals surface area contributed by atoms with Crippen molar-refractivity contribution in [3.8, 4) is 5.75 Å². The maximum Gasteiger partial charge on any atom is 0.342 e. The van der Waals surface area contributed by atoms with Gasteiger partial charge in [0.05, 0.1) is 6.61 Å². The van der Waals surface area contributed by atoms with Crippen LogP contribution < -0.4 is 0 Å². The summed E-state index contributed by atoms with van der Waals surface area (Å²) in [6.07, 6.45) is 0.648. The van der Waals surface area contributed by atoms with Crippen LogP contribution in [0.25, 0.3) is 0 Å². The van der Waals surface area contributed by atoms with Gasteiger partial charge in [-0.3, -0.25) is 0 Å². The molecule has 1 aromatic carbocycles. The zero-order valence-electron chi connectivity index (χ0n) is 12.8. The van der Waals surface area contributed by atoms with Crippen LogP contribution in [0.15, 0.2) is 0 Å². The summed E-state index contributed by atoms with van der Waals surface area (Å²) >= 11 is 5.86. The van der Waals surface area contributed by atoms with Gasteiger partial charge in [-0.25, -0.2) is 4.79 Å². The standard InChI is InChI=1S/C16H23ClO3/c1-6-20-16(19)14-12(5)10(3)11(4)13(15(14)18)7-9(2)8-17/h9,18H,6-8H2,1-5H3. The van der Waals surface area contributed by atoms with Gasteiger partial charge in [0.15, 0.2) is 0 Å². The molecule has 3 nitrogen and oxygen atoms in total. The molecule has 1 aromatic rings. The number of phenols is 1. The lowest BCUT2D eigenvalue weighted by molar-refractivity contribution is 0.0522. The number of benzene rings is 1. The molecule has 112 valence electrons. The normalized spacial score (nSPS) is 12.3. The second-order valence-electron chi connectivity index (χ2n) is 5.26. The molecule has 0 aromatic heterocycles. The van der Waals surface area contributed by atoms with E-state index < -0.39 is 5.97 Å². The van der Waals surface area contributed by atoms with Crippen molar-refractivity contribution in [1.29, 1.82) is 0 Å². The summed E-state index contributed by atoms with van der Waals surface area (Å²) in [5.74, 6) is 0.324. The fourth-order valence-electron chi connectivity index (χ4n) is 2.31. The van der Waals surface area contributed by atoms with Gasteiger partial charge in [-0.2, -0.15) is 0 Å². The Bertz CT molecular complexity index is 509. The predicted octanol–water partition coefficient (Wildman–Crippen LogP) is 3.91. The van der Waals surface area contributed by atoms with Gasteiger partial charge in [-0.15, -0.1) is 11.6 Å². The number of carbonyl (C=O) groups excluding carboxylic acids is 1. The topological polar surface area (TPSA) is 46.5 Å². The Labute approximate surface area is 125 Å². The van der Waals surface area contributed by atoms with Crippen LogP contribution in [0.4, 0.5) is 0 Å². The largest absolute Gasteiger partial charge is 0.507 e. The SMILES string of the molecule is CCOC(=O)c1c(C)c(C)c(C)c(CC(C)CCl)c1O. The van der Waals surface area contributed by atoms with E-state index >= 15 is 0 Å². The van der Waals surface area contributed by atoms with Gasteiger partial charge in [0.2, 0.25) is 0 Å². The maximum absolute atomic E-state index is 12.0. The number of aromatic hydroxyl groups is 1. The van der Waals surface area contributed by atoms with Crippen molar-refractivity contribution in [3.63, 3.8) is 0 Å². The van der Waals surface area contributed by atoms with E-state index in [0.29, 0.717) is 12.3 Å². The number of halogens is 1. The minimum absolute atomic E-state index is 0.0426. The number of rotatable bonds is 5. The van der Waals surface area contributed by atoms with E-state index in [2.05, 4.69) is 0 Å². The van der Waals surface area contributed by atoms with Crippen molar-refractivity contribution in [1.82, 2.24) is 0 Å². The molecule has 0 amide bonds. The Balaban J connectivity index is 3.42. The first-order chi connectivity index (χ1) is 9.34. The Hall–Kier alpha value is -1.22. The highest BCUT2D eigenvalue weighted by molar-refractivity contribution is 6.18. The molecule has 0 saturated heterocycles. The second-order valence-corrected chi connectivity index (χ2v) is 5.57. The van der Waals surface area contributed by atoms with Crippen LogP contribution in [0.2, 0.25) is 0 Å². The van der Waals surface area contributed by atoms with Crippen LogP contribution in [0.1, 0.15) is 46.5 Å². The van der Waals surface area contributed by atoms with Crippen LogP contribution in [-0.4, -0.2) is 23.6 Å². The predicted molar refractivity (Wildman–Crippen MR) is 81.9 cm³/mol. The van der Waals surface area contributed by atoms with Crippen molar-refractivity contribution in [2.24, 2.45) is 5.92 Å². The summed E-state index contributed by atoms with van der Waals surface area (Å²) in [4.78, 5) is 12.0. The third-order valence-electron chi connectivity index (χ3n) is 3.77. The quantitative estimate of drug-likeness (QED) is 0.662. The van der Waals surface area contributed by atoms with Gasteiger partial charge >= 0.3 is 5.97 Å². The number of carbonyl (C=O) groups is 1. The summed E-state index contributed by atoms with van der Waals surface area (Å²) < 4.78 is 5.05. The van der Waals surface area contributed by atoms with Crippen LogP contribution in [0, 0.1) is 26.7 Å². The molecule has 0 heterocycles. The minimum Gasteiger partial charge on any atom is -0.507 e. The first-order valence-corrected chi connectivity index (χ1v) is 7.43. The van der Waals surface area contributed by atoms with Gasteiger partial charge < -0.3 is 9.84 Å². The van der Waals surface area contributed by atoms with E-state index in [-0.39, 0.29) is 23.8 Å². The van der Waals surface area contributed by atoms with Crippen molar-refractivity contribution < 1.29 is 14.6 Å². The molecule has 1 atom stereocenters. The second kappa shape index (κ2) is 6.98. The summed E-state index contributed by atoms with van der Waals surface area (Å²) in [6, 6.07) is 0. The third kappa shape index (κ3) is 3.26. The molecule has 4 heteroatoms. The number of hydrogen-bond donors (Lipinski definition) is 1. The lowest BCUT2D eigenvalue weighted by Gasteiger charge is -2.19. The van der Waals surface area contributed by atoms with Crippen molar-refractivity contribution in [3.05, 3.63) is 27.8 Å². The van der Waals surface area contributed by atoms with E-state index in [9.17, 15) is 9.90 Å². The monoisotopic (exact) mass is 298 g/mol. The zero-order valence-corrected chi connectivity index (χ0v) is 13.6. The van der Waals surface area contributed by atoms with Gasteiger partial charge in [0.1, 0.15) is 11.3 Å². The van der Waals surface area contributed by atoms with Gasteiger partial charge in [-0.05, 0) is 62.3 Å². The molecule has 0 fully saturated rings. The van der Waals surface area contributed by atoms with E-state index in [4.69, 9.17) is 16.3 Å². The van der Waals surface area contributed by atoms with E-state index in [1.54, 1.807) is 6.92 Å². The van der Waals surface area contributed by atoms with Crippen molar-refractivity contribution in [2.75, 3.05) is 12.5 Å². The molecule has 0 aliphatic heterocycles. The fraction of sp³-hybridized carbons (Fsp3) is 0.562. The molecule has 0 bridgehead atoms. The summed E-state index contributed by atoms with van der Waals surface area (Å²) in [5.41, 5.74) is 3.89. The van der Waals surface area contributed by atoms with Gasteiger partial charge in [0, 0.05) is 5.88 Å². The molecule has 0 radical (unpaired) electrons. The lowest BCUT2D eigenvalue weighted by Crippen LogP contribution is -2.12. The molecule has 0 saturated carbocycles. The van der Waals surface area contributed by atoms with Gasteiger partial charge in [0.25, 0.3) is 0 Å². The highest BCUT2D eigenvalue weighted by Gasteiger charge is 2.23. The average molecular weight is 299 g/mol. The number of hydrogen-bond acceptors (Lipinski definition) is 3. The Morgan fingerprint density at radius 1 is 1.25 bits per heavy atom. The number of ether oxygens (including phenoxy) is 1. The van der Waals surface area contributed by atoms with Crippen LogP contribution >= 0.6 is 11.6 Å². The first-order valence-electron chi connectivity index (χ1n) is 6.89. The van der Waals surface area contributed by atoms with E-state index in [1.165, 1.54) is 0 Å². The minimum atomic E-state index is -0.467. The summed E-state index contributed by atoms with van der Waals surface area (Å²) in [6.45, 7) is 9.82. The fourth-order valence-corrected chi connectivity index (χ4v) is 2.42. The Morgan fingerprint density at radius 2 is 1.85 bits per heavy atom. The van der Waals surface area contributed by atoms with E-state index in [1.807, 2.05) is 27.7 Å². The molecule has 0 aliphatic rings. The zero-order chi connectivity index (χ0) is 15.4. The van der Waals surface area contributed by atoms with Crippen molar-refractivity contribution >= 4 is 17.6 Å². The Morgan fingerprint density at radius 3 is 2.35 bits per heavy atom. The summed E-state index contributed by atoms with van der Waals surface area (Å²) in [7, 11) is 0. The number of alkyl halides is 1. The van der Waals surface area contributed by atoms with Crippen LogP contribution in [-0.2, 0) is 11.2 Å². The van der Waals surface area contributed by atoms with Crippen LogP contribution in [0.5, 0.6) is 5.75 Å². The molecular formula is C16H23ClO3. The smallest absolute Gasteiger partial charge is 0.342 e. The highest BCUT2D eigenvalue weighted by Crippen LogP contribution is 2.34. The van der Waals surface area contributed by atoms with E-state index in [0.717, 1.165) is 22.3 Å². The molecule has 1 unspecified atom stereocenters. The third-order valence-corrected chi connectivity index (χ3v) is 4.30. The van der Waals surface area contributed by atoms with Gasteiger partial charge in [-0.1, -0.05) is 6.92 Å². The molecule has 0 spiro atoms. The number of esters is 1. The highest BCUT2D eigenvalue weighted by atomic mass is 35.5. The number of phenolic OH excluding ortho intramolecular Hbond substituents is 1. The molecule has 0 aliphatic carbocycles. The lowest BCUT2D eigenvalue weighted by atomic mass is 9.88. The molecule has 1 N–H and O–H groups in total. The first kappa shape index (κ1) is 16.8. The molecule has 1 rings (SSSR count). The molecular weight excluding hydrogens is 276 g/mol. The van der Waals surface area contributed by atoms with Crippen LogP contribution in [0.3, 0.4) is 0 Å². The maximum atomic E-state index is 12.0. The summed E-state index contributed by atoms with van der Waals surface area (Å²) in [5, 5.41) is 10.5. The Kier molecular flexibility index (Phi) is 5.88. The average Bonchev–Trinajstić information content (AvgIpc) is 2.41. The molecule has 20 heavy (non-hydrogen) atoms.